The van der Waals surface area contributed by atoms with Gasteiger partial charge in [0.25, 0.3) is 0 Å². The minimum Gasteiger partial charge on any atom is -0.327 e. The Labute approximate surface area is 77.7 Å². The first kappa shape index (κ1) is 12.0. The fraction of sp³-hybridized carbons (Fsp3) is 1.00. The fourth-order valence-electron chi connectivity index (χ4n) is 1.77. The maximum atomic E-state index is 6.13. The van der Waals surface area contributed by atoms with E-state index in [1.54, 1.807) is 0 Å². The van der Waals surface area contributed by atoms with Crippen molar-refractivity contribution < 1.29 is 0 Å². The highest BCUT2D eigenvalue weighted by molar-refractivity contribution is 4.76. The SMILES string of the molecule is CCC(CC)C(N)CC(C)(C)C. The van der Waals surface area contributed by atoms with E-state index in [2.05, 4.69) is 34.6 Å². The molecule has 0 aromatic heterocycles. The summed E-state index contributed by atoms with van der Waals surface area (Å²) in [6, 6.07) is 0.389. The Morgan fingerprint density at radius 1 is 1.08 bits per heavy atom. The van der Waals surface area contributed by atoms with Crippen LogP contribution >= 0.6 is 0 Å². The van der Waals surface area contributed by atoms with Crippen molar-refractivity contribution in [2.24, 2.45) is 17.1 Å². The lowest BCUT2D eigenvalue weighted by atomic mass is 9.82. The van der Waals surface area contributed by atoms with E-state index in [1.165, 1.54) is 12.8 Å². The summed E-state index contributed by atoms with van der Waals surface area (Å²) in [6.45, 7) is 11.2. The van der Waals surface area contributed by atoms with Crippen LogP contribution in [0.25, 0.3) is 0 Å². The van der Waals surface area contributed by atoms with Crippen LogP contribution in [0.4, 0.5) is 0 Å². The monoisotopic (exact) mass is 171 g/mol. The van der Waals surface area contributed by atoms with Crippen molar-refractivity contribution >= 4 is 0 Å². The third kappa shape index (κ3) is 4.76. The van der Waals surface area contributed by atoms with Gasteiger partial charge in [0.2, 0.25) is 0 Å². The van der Waals surface area contributed by atoms with Crippen LogP contribution in [0.3, 0.4) is 0 Å². The van der Waals surface area contributed by atoms with Gasteiger partial charge in [0.15, 0.2) is 0 Å². The third-order valence-corrected chi connectivity index (χ3v) is 2.50. The topological polar surface area (TPSA) is 26.0 Å². The van der Waals surface area contributed by atoms with Crippen molar-refractivity contribution in [3.05, 3.63) is 0 Å². The van der Waals surface area contributed by atoms with Crippen molar-refractivity contribution in [2.45, 2.75) is 59.9 Å². The minimum absolute atomic E-state index is 0.377. The van der Waals surface area contributed by atoms with E-state index in [9.17, 15) is 0 Å². The first-order chi connectivity index (χ1) is 5.40. The van der Waals surface area contributed by atoms with Crippen LogP contribution in [-0.4, -0.2) is 6.04 Å². The van der Waals surface area contributed by atoms with Gasteiger partial charge in [0, 0.05) is 6.04 Å². The fourth-order valence-corrected chi connectivity index (χ4v) is 1.77. The van der Waals surface area contributed by atoms with E-state index in [-0.39, 0.29) is 0 Å². The summed E-state index contributed by atoms with van der Waals surface area (Å²) in [5.41, 5.74) is 6.50. The lowest BCUT2D eigenvalue weighted by molar-refractivity contribution is 0.274. The maximum Gasteiger partial charge on any atom is 0.00719 e. The van der Waals surface area contributed by atoms with E-state index in [0.717, 1.165) is 6.42 Å². The molecule has 1 heteroatoms. The zero-order valence-electron chi connectivity index (χ0n) is 9.35. The van der Waals surface area contributed by atoms with Crippen LogP contribution in [0.1, 0.15) is 53.9 Å². The second-order valence-corrected chi connectivity index (χ2v) is 5.01. The Bertz CT molecular complexity index is 109. The third-order valence-electron chi connectivity index (χ3n) is 2.50. The zero-order valence-corrected chi connectivity index (χ0v) is 9.35. The number of nitrogens with two attached hydrogens (primary N) is 1. The maximum absolute atomic E-state index is 6.13. The zero-order chi connectivity index (χ0) is 9.78. The summed E-state index contributed by atoms with van der Waals surface area (Å²) in [4.78, 5) is 0. The quantitative estimate of drug-likeness (QED) is 0.690. The lowest BCUT2D eigenvalue weighted by Gasteiger charge is -2.28. The average molecular weight is 171 g/mol. The predicted molar refractivity (Wildman–Crippen MR) is 56.1 cm³/mol. The molecule has 0 saturated carbocycles. The molecule has 0 rings (SSSR count). The predicted octanol–water partition coefficient (Wildman–Crippen LogP) is 3.19. The summed E-state index contributed by atoms with van der Waals surface area (Å²) in [5, 5.41) is 0. The molecule has 0 bridgehead atoms. The van der Waals surface area contributed by atoms with E-state index < -0.39 is 0 Å². The van der Waals surface area contributed by atoms with Crippen LogP contribution in [0.15, 0.2) is 0 Å². The van der Waals surface area contributed by atoms with Gasteiger partial charge < -0.3 is 5.73 Å². The molecule has 74 valence electrons. The van der Waals surface area contributed by atoms with Gasteiger partial charge in [-0.05, 0) is 17.8 Å². The highest BCUT2D eigenvalue weighted by Crippen LogP contribution is 2.25. The van der Waals surface area contributed by atoms with Crippen molar-refractivity contribution in [3.63, 3.8) is 0 Å². The Hall–Kier alpha value is -0.0400. The van der Waals surface area contributed by atoms with Gasteiger partial charge >= 0.3 is 0 Å². The summed E-state index contributed by atoms with van der Waals surface area (Å²) in [5.74, 6) is 0.712. The first-order valence-corrected chi connectivity index (χ1v) is 5.16. The summed E-state index contributed by atoms with van der Waals surface area (Å²) in [6.07, 6.45) is 3.57. The summed E-state index contributed by atoms with van der Waals surface area (Å²) in [7, 11) is 0. The van der Waals surface area contributed by atoms with Crippen molar-refractivity contribution in [2.75, 3.05) is 0 Å². The average Bonchev–Trinajstić information content (AvgIpc) is 1.85. The van der Waals surface area contributed by atoms with E-state index in [0.29, 0.717) is 17.4 Å². The van der Waals surface area contributed by atoms with Gasteiger partial charge in [0.05, 0.1) is 0 Å². The molecule has 0 heterocycles. The molecule has 12 heavy (non-hydrogen) atoms. The number of hydrogen-bond acceptors (Lipinski definition) is 1. The molecule has 1 atom stereocenters. The molecule has 1 nitrogen and oxygen atoms in total. The van der Waals surface area contributed by atoms with Crippen LogP contribution in [0, 0.1) is 11.3 Å². The summed E-state index contributed by atoms with van der Waals surface area (Å²) < 4.78 is 0. The van der Waals surface area contributed by atoms with E-state index >= 15 is 0 Å². The normalized spacial score (nSPS) is 15.2. The van der Waals surface area contributed by atoms with E-state index in [4.69, 9.17) is 5.73 Å². The van der Waals surface area contributed by atoms with Crippen LogP contribution in [-0.2, 0) is 0 Å². The van der Waals surface area contributed by atoms with Gasteiger partial charge in [-0.3, -0.25) is 0 Å². The minimum atomic E-state index is 0.377. The molecule has 0 aromatic rings. The van der Waals surface area contributed by atoms with E-state index in [1.807, 2.05) is 0 Å². The molecule has 0 fully saturated rings. The van der Waals surface area contributed by atoms with Crippen LogP contribution < -0.4 is 5.73 Å². The first-order valence-electron chi connectivity index (χ1n) is 5.16. The Morgan fingerprint density at radius 3 is 1.75 bits per heavy atom. The molecule has 0 radical (unpaired) electrons. The largest absolute Gasteiger partial charge is 0.327 e. The molecule has 1 unspecified atom stereocenters. The van der Waals surface area contributed by atoms with Crippen molar-refractivity contribution in [3.8, 4) is 0 Å². The number of rotatable bonds is 4. The van der Waals surface area contributed by atoms with Gasteiger partial charge in [-0.15, -0.1) is 0 Å². The Kier molecular flexibility index (Phi) is 4.84. The van der Waals surface area contributed by atoms with Crippen LogP contribution in [0.5, 0.6) is 0 Å². The molecule has 0 aliphatic carbocycles. The van der Waals surface area contributed by atoms with Crippen LogP contribution in [0.2, 0.25) is 0 Å². The molecule has 0 spiro atoms. The number of hydrogen-bond donors (Lipinski definition) is 1. The molecular weight excluding hydrogens is 146 g/mol. The van der Waals surface area contributed by atoms with Crippen molar-refractivity contribution in [1.29, 1.82) is 0 Å². The standard InChI is InChI=1S/C11H25N/c1-6-9(7-2)10(12)8-11(3,4)5/h9-10H,6-8,12H2,1-5H3. The van der Waals surface area contributed by atoms with Gasteiger partial charge in [-0.1, -0.05) is 47.5 Å². The molecule has 2 N–H and O–H groups in total. The second-order valence-electron chi connectivity index (χ2n) is 5.01. The Morgan fingerprint density at radius 2 is 1.50 bits per heavy atom. The molecular formula is C11H25N. The lowest BCUT2D eigenvalue weighted by Crippen LogP contribution is -2.33. The molecule has 0 aliphatic rings. The molecule has 0 aliphatic heterocycles. The van der Waals surface area contributed by atoms with Gasteiger partial charge in [0.1, 0.15) is 0 Å². The summed E-state index contributed by atoms with van der Waals surface area (Å²) >= 11 is 0. The van der Waals surface area contributed by atoms with Gasteiger partial charge in [-0.2, -0.15) is 0 Å². The second kappa shape index (κ2) is 4.86. The van der Waals surface area contributed by atoms with Crippen molar-refractivity contribution in [1.82, 2.24) is 0 Å². The smallest absolute Gasteiger partial charge is 0.00719 e. The van der Waals surface area contributed by atoms with Gasteiger partial charge in [-0.25, -0.2) is 0 Å². The highest BCUT2D eigenvalue weighted by Gasteiger charge is 2.20. The molecule has 0 saturated heterocycles. The molecule has 0 aromatic carbocycles. The highest BCUT2D eigenvalue weighted by atomic mass is 14.7. The Balaban J connectivity index is 3.92. The molecule has 0 amide bonds.